The zero-order chi connectivity index (χ0) is 38.6. The number of benzene rings is 1. The second-order valence-electron chi connectivity index (χ2n) is 11.8. The van der Waals surface area contributed by atoms with Crippen LogP contribution in [0.2, 0.25) is 0 Å². The average molecular weight is 788 g/mol. The van der Waals surface area contributed by atoms with Crippen molar-refractivity contribution in [1.29, 1.82) is 0 Å². The standard InChI is InChI=1S/C26H31N9O16P2/c1-9-2-10-11(3-12(9)36)34(23-17(31-10)24(42)33-26(43)32-23)4-13(37)18(39)14(38)5-48-52(44,45)51-53(46,47)49-6-15-19(40)20(41)25(50-15)35-8-30-16-21(27)28-7-29-22(16)35/h2-3,7-8,13-15,18-20,25,37-41H,4-6H2,1H3,(H,44,45)(H,46,47)(H2,27,28,29)(H2,32,33,42,43)/t13-,14+,15+,18-,19+,20+,25+/m0/s1. The van der Waals surface area contributed by atoms with E-state index in [9.17, 15) is 58.8 Å². The van der Waals surface area contributed by atoms with Crippen LogP contribution in [0.5, 0.6) is 0 Å². The number of nitrogens with zero attached hydrogens (tertiary/aromatic N) is 6. The Morgan fingerprint density at radius 3 is 2.43 bits per heavy atom. The van der Waals surface area contributed by atoms with E-state index < -0.39 is 94.9 Å². The third-order valence-electron chi connectivity index (χ3n) is 8.14. The molecule has 11 N–H and O–H groups in total. The molecule has 2 unspecified atom stereocenters. The number of nitrogens with two attached hydrogens (primary N) is 1. The Bertz CT molecular complexity index is 2420. The SMILES string of the molecule is Cc1cc2nc3c(=O)[nH]c(=O)[nH]c3n(C[C@H](O)[C@H](O)[C@H](O)COP(=O)(O)OP(=O)(O)OC[C@H]3O[C@@H](n4cnc5c(N)ncnc54)[C@H](O)[C@@H]3O)c-2cc1=O. The summed E-state index contributed by atoms with van der Waals surface area (Å²) >= 11 is 0. The maximum atomic E-state index is 12.5. The molecule has 53 heavy (non-hydrogen) atoms. The molecule has 9 atom stereocenters. The van der Waals surface area contributed by atoms with E-state index in [4.69, 9.17) is 10.5 Å². The molecule has 0 saturated carbocycles. The van der Waals surface area contributed by atoms with Crippen molar-refractivity contribution >= 4 is 43.8 Å². The number of phosphoric acid groups is 2. The molecule has 3 aromatic heterocycles. The van der Waals surface area contributed by atoms with Crippen molar-refractivity contribution in [3.63, 3.8) is 0 Å². The highest BCUT2D eigenvalue weighted by atomic mass is 31.3. The molecule has 3 aliphatic rings. The lowest BCUT2D eigenvalue weighted by molar-refractivity contribution is -0.0794. The number of aromatic nitrogens is 8. The molecule has 6 rings (SSSR count). The predicted molar refractivity (Wildman–Crippen MR) is 175 cm³/mol. The van der Waals surface area contributed by atoms with Gasteiger partial charge in [0.2, 0.25) is 0 Å². The molecule has 0 spiro atoms. The first-order chi connectivity index (χ1) is 24.9. The van der Waals surface area contributed by atoms with Crippen LogP contribution in [0, 0.1) is 6.92 Å². The number of rotatable bonds is 13. The zero-order valence-corrected chi connectivity index (χ0v) is 28.7. The van der Waals surface area contributed by atoms with Gasteiger partial charge in [0.05, 0.1) is 37.5 Å². The van der Waals surface area contributed by atoms with E-state index in [2.05, 4.69) is 38.3 Å². The monoisotopic (exact) mass is 787 g/mol. The van der Waals surface area contributed by atoms with Crippen LogP contribution in [0.15, 0.2) is 39.2 Å². The average Bonchev–Trinajstić information content (AvgIpc) is 3.63. The first-order valence-corrected chi connectivity index (χ1v) is 18.2. The van der Waals surface area contributed by atoms with Gasteiger partial charge >= 0.3 is 21.3 Å². The molecule has 0 radical (unpaired) electrons. The summed E-state index contributed by atoms with van der Waals surface area (Å²) in [4.78, 5) is 77.3. The molecular formula is C26H31N9O16P2. The van der Waals surface area contributed by atoms with Crippen LogP contribution in [-0.2, 0) is 33.8 Å². The van der Waals surface area contributed by atoms with Gasteiger partial charge in [-0.1, -0.05) is 0 Å². The van der Waals surface area contributed by atoms with Gasteiger partial charge in [0, 0.05) is 6.07 Å². The van der Waals surface area contributed by atoms with Gasteiger partial charge in [0.15, 0.2) is 28.6 Å². The van der Waals surface area contributed by atoms with E-state index in [1.807, 2.05) is 4.98 Å². The number of aromatic amines is 2. The first kappa shape index (κ1) is 38.4. The minimum Gasteiger partial charge on any atom is -0.388 e. The van der Waals surface area contributed by atoms with Crippen molar-refractivity contribution in [3.8, 4) is 11.4 Å². The second-order valence-corrected chi connectivity index (χ2v) is 14.8. The van der Waals surface area contributed by atoms with Gasteiger partial charge in [0.25, 0.3) is 5.56 Å². The summed E-state index contributed by atoms with van der Waals surface area (Å²) in [6.07, 6.45) is -10.2. The van der Waals surface area contributed by atoms with E-state index in [0.29, 0.717) is 0 Å². The molecule has 27 heteroatoms. The number of fused-ring (bicyclic) bond motifs is 3. The predicted octanol–water partition coefficient (Wildman–Crippen LogP) is -3.44. The van der Waals surface area contributed by atoms with Gasteiger partial charge in [-0.25, -0.2) is 33.9 Å². The number of aliphatic hydroxyl groups is 5. The number of hydrogen-bond donors (Lipinski definition) is 10. The van der Waals surface area contributed by atoms with Crippen LogP contribution in [0.3, 0.4) is 0 Å². The van der Waals surface area contributed by atoms with Crippen molar-refractivity contribution in [2.45, 2.75) is 56.3 Å². The number of anilines is 1. The van der Waals surface area contributed by atoms with Crippen molar-refractivity contribution in [3.05, 3.63) is 61.4 Å². The van der Waals surface area contributed by atoms with E-state index >= 15 is 0 Å². The van der Waals surface area contributed by atoms with E-state index in [1.165, 1.54) is 23.9 Å². The Hall–Kier alpha value is -4.33. The number of nitrogens with one attached hydrogen (secondary N) is 2. The largest absolute Gasteiger partial charge is 0.481 e. The molecule has 2 aliphatic heterocycles. The topological polar surface area (TPSA) is 383 Å². The van der Waals surface area contributed by atoms with Crippen molar-refractivity contribution in [1.82, 2.24) is 39.0 Å². The number of aliphatic hydroxyl groups excluding tert-OH is 5. The number of imidazole rings is 1. The quantitative estimate of drug-likeness (QED) is 0.0410. The Balaban J connectivity index is 1.07. The van der Waals surface area contributed by atoms with Crippen LogP contribution in [-0.4, -0.2) is 124 Å². The Morgan fingerprint density at radius 1 is 0.981 bits per heavy atom. The number of nitrogen functional groups attached to an aromatic ring is 1. The summed E-state index contributed by atoms with van der Waals surface area (Å²) in [7, 11) is -11.1. The molecule has 3 aromatic rings. The van der Waals surface area contributed by atoms with Crippen molar-refractivity contribution in [2.24, 2.45) is 0 Å². The molecule has 1 aliphatic carbocycles. The Kier molecular flexibility index (Phi) is 10.5. The third-order valence-corrected chi connectivity index (χ3v) is 10.7. The van der Waals surface area contributed by atoms with Gasteiger partial charge < -0.3 is 50.4 Å². The maximum Gasteiger partial charge on any atom is 0.481 e. The minimum atomic E-state index is -5.57. The van der Waals surface area contributed by atoms with Crippen LogP contribution in [0.1, 0.15) is 11.8 Å². The summed E-state index contributed by atoms with van der Waals surface area (Å²) in [6, 6.07) is 2.46. The van der Waals surface area contributed by atoms with Crippen LogP contribution < -0.4 is 22.4 Å². The van der Waals surface area contributed by atoms with Gasteiger partial charge in [0.1, 0.15) is 54.1 Å². The molecule has 1 saturated heterocycles. The minimum absolute atomic E-state index is 0.0210. The lowest BCUT2D eigenvalue weighted by Crippen LogP contribution is -2.42. The number of aryl methyl sites for hydroxylation is 1. The van der Waals surface area contributed by atoms with E-state index in [1.54, 1.807) is 0 Å². The Labute approximate surface area is 293 Å². The second kappa shape index (κ2) is 14.5. The van der Waals surface area contributed by atoms with Crippen LogP contribution in [0.25, 0.3) is 33.7 Å². The summed E-state index contributed by atoms with van der Waals surface area (Å²) in [6.45, 7) is -1.45. The Morgan fingerprint density at radius 2 is 1.70 bits per heavy atom. The zero-order valence-electron chi connectivity index (χ0n) is 26.9. The summed E-state index contributed by atoms with van der Waals surface area (Å²) < 4.78 is 46.3. The lowest BCUT2D eigenvalue weighted by Gasteiger charge is -2.26. The molecule has 0 aromatic carbocycles. The molecule has 286 valence electrons. The summed E-state index contributed by atoms with van der Waals surface area (Å²) in [5, 5.41) is 52.9. The van der Waals surface area contributed by atoms with E-state index in [0.717, 1.165) is 17.0 Å². The number of phosphoric ester groups is 2. The van der Waals surface area contributed by atoms with Gasteiger partial charge in [-0.3, -0.25) is 33.2 Å². The fourth-order valence-electron chi connectivity index (χ4n) is 5.48. The molecule has 0 amide bonds. The highest BCUT2D eigenvalue weighted by Crippen LogP contribution is 2.60. The van der Waals surface area contributed by atoms with Crippen molar-refractivity contribution < 1.29 is 62.5 Å². The fraction of sp³-hybridized carbons (Fsp3) is 0.423. The third kappa shape index (κ3) is 7.83. The summed E-state index contributed by atoms with van der Waals surface area (Å²) in [5.74, 6) is 0.0210. The first-order valence-electron chi connectivity index (χ1n) is 15.2. The summed E-state index contributed by atoms with van der Waals surface area (Å²) in [5.41, 5.74) is 3.54. The van der Waals surface area contributed by atoms with Crippen LogP contribution in [0.4, 0.5) is 5.82 Å². The van der Waals surface area contributed by atoms with Crippen LogP contribution >= 0.6 is 15.6 Å². The highest BCUT2D eigenvalue weighted by molar-refractivity contribution is 7.61. The van der Waals surface area contributed by atoms with Gasteiger partial charge in [-0.05, 0) is 18.6 Å². The fourth-order valence-corrected chi connectivity index (χ4v) is 7.58. The molecule has 0 bridgehead atoms. The van der Waals surface area contributed by atoms with E-state index in [-0.39, 0.29) is 45.1 Å². The maximum absolute atomic E-state index is 12.5. The molecule has 1 fully saturated rings. The number of ether oxygens (including phenoxy) is 1. The van der Waals surface area contributed by atoms with Gasteiger partial charge in [-0.15, -0.1) is 0 Å². The van der Waals surface area contributed by atoms with Gasteiger partial charge in [-0.2, -0.15) is 4.31 Å². The van der Waals surface area contributed by atoms with Crippen molar-refractivity contribution in [2.75, 3.05) is 18.9 Å². The number of H-pyrrole nitrogens is 2. The lowest BCUT2D eigenvalue weighted by atomic mass is 10.1. The highest BCUT2D eigenvalue weighted by Gasteiger charge is 2.46. The number of hydrogen-bond acceptors (Lipinski definition) is 19. The molecule has 5 heterocycles. The molecule has 25 nitrogen and oxygen atoms in total. The molecular weight excluding hydrogens is 756 g/mol. The smallest absolute Gasteiger partial charge is 0.388 e. The normalized spacial score (nSPS) is 23.2.